The topological polar surface area (TPSA) is 47.7 Å². The lowest BCUT2D eigenvalue weighted by atomic mass is 10.0. The smallest absolute Gasteiger partial charge is 0.160 e. The van der Waals surface area contributed by atoms with Crippen molar-refractivity contribution in [3.05, 3.63) is 18.5 Å². The molecule has 104 valence electrons. The molecular formula is C14H23N5. The minimum absolute atomic E-state index is 0.426. The monoisotopic (exact) mass is 261 g/mol. The molecule has 0 bridgehead atoms. The zero-order valence-corrected chi connectivity index (χ0v) is 12.4. The molecule has 0 aromatic carbocycles. The quantitative estimate of drug-likeness (QED) is 0.900. The Morgan fingerprint density at radius 2 is 2.05 bits per heavy atom. The van der Waals surface area contributed by atoms with Crippen molar-refractivity contribution in [3.63, 3.8) is 0 Å². The first kappa shape index (κ1) is 13.6. The Bertz CT molecular complexity index is 540. The van der Waals surface area contributed by atoms with Gasteiger partial charge in [-0.3, -0.25) is 4.68 Å². The second-order valence-corrected chi connectivity index (χ2v) is 5.22. The van der Waals surface area contributed by atoms with Gasteiger partial charge in [-0.15, -0.1) is 0 Å². The molecule has 0 saturated heterocycles. The average molecular weight is 261 g/mol. The number of nitrogens with one attached hydrogen (secondary N) is 1. The Morgan fingerprint density at radius 1 is 1.32 bits per heavy atom. The summed E-state index contributed by atoms with van der Waals surface area (Å²) >= 11 is 0. The molecule has 2 heterocycles. The van der Waals surface area contributed by atoms with Gasteiger partial charge < -0.3 is 9.88 Å². The van der Waals surface area contributed by atoms with Gasteiger partial charge >= 0.3 is 0 Å². The van der Waals surface area contributed by atoms with Gasteiger partial charge in [0.2, 0.25) is 0 Å². The Balaban J connectivity index is 2.20. The average Bonchev–Trinajstić information content (AvgIpc) is 2.95. The fourth-order valence-corrected chi connectivity index (χ4v) is 2.05. The molecule has 0 aliphatic heterocycles. The van der Waals surface area contributed by atoms with Crippen LogP contribution >= 0.6 is 0 Å². The van der Waals surface area contributed by atoms with Gasteiger partial charge in [0.05, 0.1) is 0 Å². The van der Waals surface area contributed by atoms with E-state index in [2.05, 4.69) is 42.2 Å². The van der Waals surface area contributed by atoms with Crippen LogP contribution in [0.5, 0.6) is 0 Å². The van der Waals surface area contributed by atoms with E-state index < -0.39 is 0 Å². The van der Waals surface area contributed by atoms with Crippen LogP contribution in [-0.4, -0.2) is 25.4 Å². The van der Waals surface area contributed by atoms with Crippen LogP contribution in [0.2, 0.25) is 0 Å². The van der Waals surface area contributed by atoms with E-state index in [0.717, 1.165) is 23.8 Å². The first-order valence-corrected chi connectivity index (χ1v) is 6.81. The van der Waals surface area contributed by atoms with Crippen LogP contribution < -0.4 is 5.32 Å². The number of aryl methyl sites for hydroxylation is 2. The van der Waals surface area contributed by atoms with E-state index in [4.69, 9.17) is 0 Å². The number of anilines is 1. The van der Waals surface area contributed by atoms with E-state index in [1.54, 1.807) is 6.20 Å². The third-order valence-corrected chi connectivity index (χ3v) is 3.80. The third-order valence-electron chi connectivity index (χ3n) is 3.80. The van der Waals surface area contributed by atoms with E-state index in [9.17, 15) is 0 Å². The fraction of sp³-hybridized carbons (Fsp3) is 0.571. The van der Waals surface area contributed by atoms with Crippen molar-refractivity contribution in [2.24, 2.45) is 20.0 Å². The largest absolute Gasteiger partial charge is 0.368 e. The summed E-state index contributed by atoms with van der Waals surface area (Å²) < 4.78 is 3.85. The Labute approximate surface area is 114 Å². The molecule has 2 aromatic rings. The molecule has 2 atom stereocenters. The molecule has 0 saturated carbocycles. The van der Waals surface area contributed by atoms with Gasteiger partial charge in [-0.1, -0.05) is 20.3 Å². The molecule has 0 fully saturated rings. The Morgan fingerprint density at radius 3 is 2.63 bits per heavy atom. The third kappa shape index (κ3) is 2.80. The zero-order chi connectivity index (χ0) is 14.0. The maximum Gasteiger partial charge on any atom is 0.160 e. The molecular weight excluding hydrogens is 238 g/mol. The summed E-state index contributed by atoms with van der Waals surface area (Å²) in [5.41, 5.74) is 0.897. The maximum absolute atomic E-state index is 4.52. The van der Waals surface area contributed by atoms with Gasteiger partial charge in [0.1, 0.15) is 11.5 Å². The van der Waals surface area contributed by atoms with Crippen LogP contribution in [0.4, 0.5) is 5.82 Å². The van der Waals surface area contributed by atoms with Gasteiger partial charge in [0.15, 0.2) is 5.82 Å². The molecule has 1 N–H and O–H groups in total. The number of nitrogens with zero attached hydrogens (tertiary/aromatic N) is 4. The summed E-state index contributed by atoms with van der Waals surface area (Å²) in [5, 5.41) is 8.05. The lowest BCUT2D eigenvalue weighted by molar-refractivity contribution is 0.491. The summed E-state index contributed by atoms with van der Waals surface area (Å²) in [6, 6.07) is 2.48. The van der Waals surface area contributed by atoms with Crippen molar-refractivity contribution < 1.29 is 0 Å². The van der Waals surface area contributed by atoms with Gasteiger partial charge in [0.25, 0.3) is 0 Å². The molecule has 0 aliphatic carbocycles. The number of aromatic nitrogens is 4. The summed E-state index contributed by atoms with van der Waals surface area (Å²) in [4.78, 5) is 4.33. The molecule has 0 radical (unpaired) electrons. The summed E-state index contributed by atoms with van der Waals surface area (Å²) in [5.74, 6) is 2.55. The van der Waals surface area contributed by atoms with Crippen LogP contribution in [0.15, 0.2) is 18.5 Å². The highest BCUT2D eigenvalue weighted by molar-refractivity contribution is 5.56. The number of hydrogen-bond acceptors (Lipinski definition) is 3. The highest BCUT2D eigenvalue weighted by Gasteiger charge is 2.15. The Hall–Kier alpha value is -1.78. The van der Waals surface area contributed by atoms with Crippen molar-refractivity contribution >= 4 is 5.82 Å². The molecule has 5 heteroatoms. The van der Waals surface area contributed by atoms with Crippen molar-refractivity contribution in [1.29, 1.82) is 0 Å². The van der Waals surface area contributed by atoms with Crippen LogP contribution in [0, 0.1) is 5.92 Å². The van der Waals surface area contributed by atoms with Crippen LogP contribution in [0.3, 0.4) is 0 Å². The van der Waals surface area contributed by atoms with Gasteiger partial charge in [-0.25, -0.2) is 4.98 Å². The molecule has 19 heavy (non-hydrogen) atoms. The molecule has 2 rings (SSSR count). The molecule has 2 aromatic heterocycles. The van der Waals surface area contributed by atoms with Gasteiger partial charge in [-0.2, -0.15) is 5.10 Å². The van der Waals surface area contributed by atoms with E-state index in [0.29, 0.717) is 12.0 Å². The predicted molar refractivity (Wildman–Crippen MR) is 77.9 cm³/mol. The molecule has 0 aliphatic rings. The number of imidazole rings is 1. The summed E-state index contributed by atoms with van der Waals surface area (Å²) in [6.07, 6.45) is 4.88. The van der Waals surface area contributed by atoms with E-state index in [-0.39, 0.29) is 0 Å². The second-order valence-electron chi connectivity index (χ2n) is 5.22. The maximum atomic E-state index is 4.52. The number of hydrogen-bond donors (Lipinski definition) is 1. The first-order valence-electron chi connectivity index (χ1n) is 6.81. The molecule has 5 nitrogen and oxygen atoms in total. The number of rotatable bonds is 5. The molecule has 0 amide bonds. The minimum atomic E-state index is 0.426. The van der Waals surface area contributed by atoms with Crippen molar-refractivity contribution in [3.8, 4) is 11.5 Å². The van der Waals surface area contributed by atoms with E-state index >= 15 is 0 Å². The van der Waals surface area contributed by atoms with Crippen molar-refractivity contribution in [2.45, 2.75) is 33.2 Å². The first-order chi connectivity index (χ1) is 9.02. The Kier molecular flexibility index (Phi) is 3.93. The van der Waals surface area contributed by atoms with Crippen LogP contribution in [0.25, 0.3) is 11.5 Å². The van der Waals surface area contributed by atoms with Gasteiger partial charge in [0, 0.05) is 38.6 Å². The lowest BCUT2D eigenvalue weighted by Crippen LogP contribution is -2.24. The lowest BCUT2D eigenvalue weighted by Gasteiger charge is -2.20. The standard InChI is InChI=1S/C14H23N5/c1-6-10(2)11(3)16-13-9-12(17-19(13)5)14-15-7-8-18(14)4/h7-11,16H,6H2,1-5H3. The predicted octanol–water partition coefficient (Wildman–Crippen LogP) is 2.67. The fourth-order valence-electron chi connectivity index (χ4n) is 2.05. The molecule has 0 spiro atoms. The summed E-state index contributed by atoms with van der Waals surface area (Å²) in [7, 11) is 3.93. The second kappa shape index (κ2) is 5.47. The SMILES string of the molecule is CCC(C)C(C)Nc1cc(-c2nccn2C)nn1C. The zero-order valence-electron chi connectivity index (χ0n) is 12.4. The summed E-state index contributed by atoms with van der Waals surface area (Å²) in [6.45, 7) is 6.68. The van der Waals surface area contributed by atoms with Crippen LogP contribution in [0.1, 0.15) is 27.2 Å². The minimum Gasteiger partial charge on any atom is -0.368 e. The highest BCUT2D eigenvalue weighted by Crippen LogP contribution is 2.21. The van der Waals surface area contributed by atoms with E-state index in [1.165, 1.54) is 0 Å². The van der Waals surface area contributed by atoms with Crippen molar-refractivity contribution in [1.82, 2.24) is 19.3 Å². The highest BCUT2D eigenvalue weighted by atomic mass is 15.3. The van der Waals surface area contributed by atoms with E-state index in [1.807, 2.05) is 29.5 Å². The normalized spacial score (nSPS) is 14.4. The van der Waals surface area contributed by atoms with Crippen molar-refractivity contribution in [2.75, 3.05) is 5.32 Å². The van der Waals surface area contributed by atoms with Gasteiger partial charge in [-0.05, 0) is 12.8 Å². The van der Waals surface area contributed by atoms with Crippen LogP contribution in [-0.2, 0) is 14.1 Å². The molecule has 2 unspecified atom stereocenters.